The summed E-state index contributed by atoms with van der Waals surface area (Å²) in [6, 6.07) is 10.5. The van der Waals surface area contributed by atoms with E-state index in [2.05, 4.69) is 20.0 Å². The van der Waals surface area contributed by atoms with E-state index in [1.165, 1.54) is 13.8 Å². The van der Waals surface area contributed by atoms with Crippen LogP contribution in [0.15, 0.2) is 69.0 Å². The van der Waals surface area contributed by atoms with Gasteiger partial charge in [0.2, 0.25) is 0 Å². The minimum atomic E-state index is -0.806. The van der Waals surface area contributed by atoms with Gasteiger partial charge in [0.15, 0.2) is 8.59 Å². The third-order valence-corrected chi connectivity index (χ3v) is 4.85. The summed E-state index contributed by atoms with van der Waals surface area (Å²) in [6.45, 7) is 7.81. The molecule has 0 aliphatic heterocycles. The number of halogens is 6. The first-order valence-electron chi connectivity index (χ1n) is 13.5. The molecular weight excluding hydrogens is 805 g/mol. The third-order valence-electron chi connectivity index (χ3n) is 4.85. The summed E-state index contributed by atoms with van der Waals surface area (Å²) in [5.41, 5.74) is 2.23. The number of fused-ring (bicyclic) bond motifs is 2. The molecule has 0 bridgehead atoms. The molecule has 0 unspecified atom stereocenters. The number of nitrogens with zero attached hydrogens (tertiary/aromatic N) is 4. The van der Waals surface area contributed by atoms with Gasteiger partial charge in [0.25, 0.3) is 0 Å². The van der Waals surface area contributed by atoms with E-state index in [9.17, 15) is 19.8 Å². The van der Waals surface area contributed by atoms with Gasteiger partial charge in [-0.3, -0.25) is 9.98 Å². The molecule has 267 valence electrons. The van der Waals surface area contributed by atoms with Gasteiger partial charge < -0.3 is 24.8 Å². The van der Waals surface area contributed by atoms with Gasteiger partial charge in [-0.05, 0) is 45.0 Å². The Hall–Kier alpha value is -2.38. The number of ether oxygens (including phenoxy) is 2. The van der Waals surface area contributed by atoms with E-state index >= 15 is 0 Å². The van der Waals surface area contributed by atoms with E-state index in [0.717, 1.165) is 12.4 Å². The van der Waals surface area contributed by atoms with E-state index < -0.39 is 32.0 Å². The normalized spacial score (nSPS) is 11.8. The number of aliphatic imine (C=N–C) groups is 2. The number of allylic oxidation sites excluding steroid dienone is 2. The van der Waals surface area contributed by atoms with Gasteiger partial charge >= 0.3 is 29.0 Å². The monoisotopic (exact) mass is 833 g/mol. The Morgan fingerprint density at radius 2 is 1.04 bits per heavy atom. The van der Waals surface area contributed by atoms with Gasteiger partial charge in [0.1, 0.15) is 0 Å². The molecule has 0 saturated carbocycles. The molecule has 1 radical (unpaired) electrons. The Morgan fingerprint density at radius 1 is 0.750 bits per heavy atom. The number of para-hydroxylation sites is 2. The maximum Gasteiger partial charge on any atom is 2.00 e. The fourth-order valence-electron chi connectivity index (χ4n) is 3.11. The van der Waals surface area contributed by atoms with Crippen LogP contribution in [0.4, 0.5) is 11.4 Å². The van der Waals surface area contributed by atoms with Crippen LogP contribution in [0.1, 0.15) is 34.6 Å². The van der Waals surface area contributed by atoms with Gasteiger partial charge in [-0.25, -0.2) is 19.6 Å². The first kappa shape index (κ1) is 47.7. The predicted molar refractivity (Wildman–Crippen MR) is 187 cm³/mol. The Morgan fingerprint density at radius 3 is 1.29 bits per heavy atom. The molecule has 1 heterocycles. The standard InChI is InChI=1S/C26H26N4O6.C2H6O.2CHCl3.Cu/c1-5-35-25(33)17(15(3)31)13-27-21-11-23-24(30-20-10-8-7-9-19(20)29-23)12-22(21)28-14-18(16(4)32)26(34)36-6-2;1-2-3;2*2-1(3)4;/h7-14,31-32H,5-6H2,1-4H3;3H,2H2,1H3;2*1H;/q;;;;+2/p-2/b17-15+,18-16+,27-13?,28-14?;;;;. The molecule has 0 aliphatic rings. The fourth-order valence-corrected chi connectivity index (χ4v) is 3.11. The van der Waals surface area contributed by atoms with Crippen LogP contribution < -0.4 is 10.2 Å². The van der Waals surface area contributed by atoms with Crippen molar-refractivity contribution in [2.75, 3.05) is 19.8 Å². The molecule has 18 heteroatoms. The molecular formula is C30H32Cl6CuN4O7. The first-order valence-corrected chi connectivity index (χ1v) is 16.1. The van der Waals surface area contributed by atoms with E-state index in [1.54, 1.807) is 32.9 Å². The number of aromatic nitrogens is 2. The van der Waals surface area contributed by atoms with Crippen molar-refractivity contribution in [2.24, 2.45) is 9.98 Å². The van der Waals surface area contributed by atoms with Crippen molar-refractivity contribution in [1.82, 2.24) is 9.97 Å². The second-order valence-corrected chi connectivity index (χ2v) is 12.2. The van der Waals surface area contributed by atoms with Crippen molar-refractivity contribution < 1.29 is 51.5 Å². The molecule has 3 rings (SSSR count). The van der Waals surface area contributed by atoms with E-state index in [1.807, 2.05) is 24.3 Å². The smallest absolute Gasteiger partial charge is 0.875 e. The summed E-state index contributed by atoms with van der Waals surface area (Å²) in [5, 5.41) is 31.5. The van der Waals surface area contributed by atoms with Crippen molar-refractivity contribution in [3.63, 3.8) is 0 Å². The zero-order chi connectivity index (χ0) is 36.1. The second-order valence-electron chi connectivity index (χ2n) is 8.25. The summed E-state index contributed by atoms with van der Waals surface area (Å²) in [6.07, 6.45) is 2.19. The number of hydrogen-bond donors (Lipinski definition) is 1. The molecule has 1 N–H and O–H groups in total. The number of esters is 2. The van der Waals surface area contributed by atoms with Crippen LogP contribution in [0, 0.1) is 0 Å². The van der Waals surface area contributed by atoms with Gasteiger partial charge in [0.05, 0.1) is 57.8 Å². The SMILES string of the molecule is CCO.CCOC(=O)/C(C=Nc1cc2nc3ccccc3nc2cc1N=C/C(C(=O)OCC)=C(/C)[O-])=C(\C)[O-].ClC(Cl)Cl.ClC(Cl)Cl.[Cu+2]. The number of benzene rings is 2. The second kappa shape index (κ2) is 26.5. The summed E-state index contributed by atoms with van der Waals surface area (Å²) in [5.74, 6) is -2.66. The number of hydrogen-bond acceptors (Lipinski definition) is 11. The van der Waals surface area contributed by atoms with Crippen LogP contribution in [0.5, 0.6) is 0 Å². The molecule has 48 heavy (non-hydrogen) atoms. The quantitative estimate of drug-likeness (QED) is 0.0503. The zero-order valence-electron chi connectivity index (χ0n) is 26.1. The van der Waals surface area contributed by atoms with Crippen LogP contribution in [0.3, 0.4) is 0 Å². The van der Waals surface area contributed by atoms with E-state index in [4.69, 9.17) is 84.2 Å². The third kappa shape index (κ3) is 19.0. The first-order chi connectivity index (χ1) is 22.1. The number of aliphatic hydroxyl groups is 1. The van der Waals surface area contributed by atoms with Crippen molar-refractivity contribution in [1.29, 1.82) is 0 Å². The molecule has 1 aromatic heterocycles. The minimum Gasteiger partial charge on any atom is -0.875 e. The Bertz CT molecular complexity index is 1460. The average Bonchev–Trinajstić information content (AvgIpc) is 2.96. The molecule has 0 saturated heterocycles. The molecule has 0 spiro atoms. The summed E-state index contributed by atoms with van der Waals surface area (Å²) >= 11 is 28.8. The van der Waals surface area contributed by atoms with Crippen LogP contribution in [-0.4, -0.2) is 67.9 Å². The number of aliphatic hydroxyl groups excluding tert-OH is 1. The topological polar surface area (TPSA) is 169 Å². The zero-order valence-corrected chi connectivity index (χ0v) is 31.6. The number of carbonyl (C=O) groups is 2. The summed E-state index contributed by atoms with van der Waals surface area (Å²) in [7, 11) is 0. The van der Waals surface area contributed by atoms with Crippen LogP contribution >= 0.6 is 69.6 Å². The van der Waals surface area contributed by atoms with E-state index in [-0.39, 0.29) is 59.4 Å². The number of alkyl halides is 6. The molecule has 0 atom stereocenters. The fraction of sp³-hybridized carbons (Fsp3) is 0.333. The Balaban J connectivity index is 0. The van der Waals surface area contributed by atoms with Crippen molar-refractivity contribution in [2.45, 2.75) is 43.2 Å². The van der Waals surface area contributed by atoms with E-state index in [0.29, 0.717) is 22.1 Å². The van der Waals surface area contributed by atoms with Crippen LogP contribution in [-0.2, 0) is 36.1 Å². The Kier molecular flexibility index (Phi) is 26.3. The molecule has 0 aliphatic carbocycles. The van der Waals surface area contributed by atoms with Gasteiger partial charge in [-0.15, -0.1) is 11.5 Å². The minimum absolute atomic E-state index is 0. The molecule has 0 amide bonds. The largest absolute Gasteiger partial charge is 2.00 e. The van der Waals surface area contributed by atoms with Crippen molar-refractivity contribution in [3.8, 4) is 0 Å². The van der Waals surface area contributed by atoms with Crippen molar-refractivity contribution >= 4 is 127 Å². The van der Waals surface area contributed by atoms with Gasteiger partial charge in [-0.2, -0.15) is 0 Å². The van der Waals surface area contributed by atoms with Crippen LogP contribution in [0.2, 0.25) is 0 Å². The van der Waals surface area contributed by atoms with Crippen molar-refractivity contribution in [3.05, 3.63) is 59.1 Å². The van der Waals surface area contributed by atoms with Crippen LogP contribution in [0.25, 0.3) is 22.1 Å². The Labute approximate surface area is 319 Å². The summed E-state index contributed by atoms with van der Waals surface area (Å²) < 4.78 is 8.35. The summed E-state index contributed by atoms with van der Waals surface area (Å²) in [4.78, 5) is 42.1. The average molecular weight is 837 g/mol. The number of rotatable bonds is 8. The van der Waals surface area contributed by atoms with Gasteiger partial charge in [-0.1, -0.05) is 95.6 Å². The maximum atomic E-state index is 12.2. The molecule has 2 aromatic carbocycles. The molecule has 3 aromatic rings. The molecule has 11 nitrogen and oxygen atoms in total. The predicted octanol–water partition coefficient (Wildman–Crippen LogP) is 6.55. The number of carbonyl (C=O) groups excluding carboxylic acids is 2. The van der Waals surface area contributed by atoms with Gasteiger partial charge in [0, 0.05) is 19.0 Å². The maximum absolute atomic E-state index is 12.2. The molecule has 0 fully saturated rings.